The zero-order valence-electron chi connectivity index (χ0n) is 12.1. The highest BCUT2D eigenvalue weighted by Gasteiger charge is 2.41. The van der Waals surface area contributed by atoms with Crippen LogP contribution in [0.1, 0.15) is 32.6 Å². The number of halogens is 1. The molecule has 112 valence electrons. The van der Waals surface area contributed by atoms with Crippen LogP contribution in [0, 0.1) is 5.41 Å². The summed E-state index contributed by atoms with van der Waals surface area (Å²) in [5.74, 6) is 1.06. The molecular weight excluding hydrogens is 278 g/mol. The summed E-state index contributed by atoms with van der Waals surface area (Å²) in [6.45, 7) is 4.55. The van der Waals surface area contributed by atoms with Crippen LogP contribution < -0.4 is 10.6 Å². The highest BCUT2D eigenvalue weighted by Crippen LogP contribution is 2.48. The lowest BCUT2D eigenvalue weighted by Gasteiger charge is -2.15. The Balaban J connectivity index is 1.90. The van der Waals surface area contributed by atoms with Crippen LogP contribution in [0.25, 0.3) is 0 Å². The molecule has 0 amide bonds. The van der Waals surface area contributed by atoms with Crippen molar-refractivity contribution >= 4 is 23.5 Å². The molecular formula is C13H22ClN5O. The highest BCUT2D eigenvalue weighted by atomic mass is 35.5. The van der Waals surface area contributed by atoms with Gasteiger partial charge >= 0.3 is 0 Å². The van der Waals surface area contributed by atoms with E-state index in [0.717, 1.165) is 32.5 Å². The average molecular weight is 300 g/mol. The zero-order valence-corrected chi connectivity index (χ0v) is 12.8. The smallest absolute Gasteiger partial charge is 0.228 e. The van der Waals surface area contributed by atoms with Crippen LogP contribution in [0.2, 0.25) is 5.28 Å². The Bertz CT molecular complexity index is 439. The molecule has 2 N–H and O–H groups in total. The van der Waals surface area contributed by atoms with Gasteiger partial charge in [-0.3, -0.25) is 0 Å². The summed E-state index contributed by atoms with van der Waals surface area (Å²) in [5.41, 5.74) is 0.339. The minimum Gasteiger partial charge on any atom is -0.385 e. The van der Waals surface area contributed by atoms with Crippen molar-refractivity contribution in [3.63, 3.8) is 0 Å². The summed E-state index contributed by atoms with van der Waals surface area (Å²) in [6, 6.07) is 0. The summed E-state index contributed by atoms with van der Waals surface area (Å²) in [4.78, 5) is 12.5. The van der Waals surface area contributed by atoms with Crippen molar-refractivity contribution in [3.8, 4) is 0 Å². The lowest BCUT2D eigenvalue weighted by atomic mass is 10.0. The van der Waals surface area contributed by atoms with Gasteiger partial charge in [-0.1, -0.05) is 6.92 Å². The summed E-state index contributed by atoms with van der Waals surface area (Å²) >= 11 is 5.92. The summed E-state index contributed by atoms with van der Waals surface area (Å²) in [7, 11) is 1.74. The molecule has 20 heavy (non-hydrogen) atoms. The number of aromatic nitrogens is 3. The van der Waals surface area contributed by atoms with Gasteiger partial charge in [-0.05, 0) is 42.7 Å². The first-order chi connectivity index (χ1) is 9.67. The molecule has 0 atom stereocenters. The average Bonchev–Trinajstić information content (AvgIpc) is 3.21. The lowest BCUT2D eigenvalue weighted by molar-refractivity contribution is 0.175. The Morgan fingerprint density at radius 1 is 1.20 bits per heavy atom. The molecule has 1 fully saturated rings. The van der Waals surface area contributed by atoms with Crippen LogP contribution in [-0.4, -0.2) is 41.8 Å². The number of nitrogens with zero attached hydrogens (tertiary/aromatic N) is 3. The fourth-order valence-electron chi connectivity index (χ4n) is 2.02. The van der Waals surface area contributed by atoms with Crippen LogP contribution in [0.15, 0.2) is 0 Å². The molecule has 1 aliphatic carbocycles. The number of anilines is 2. The molecule has 2 rings (SSSR count). The monoisotopic (exact) mass is 299 g/mol. The second-order valence-corrected chi connectivity index (χ2v) is 5.61. The van der Waals surface area contributed by atoms with Gasteiger partial charge in [0.05, 0.1) is 0 Å². The molecule has 1 aromatic heterocycles. The molecule has 0 spiro atoms. The minimum absolute atomic E-state index is 0.211. The van der Waals surface area contributed by atoms with E-state index in [4.69, 9.17) is 16.3 Å². The Labute approximate surface area is 124 Å². The van der Waals surface area contributed by atoms with Crippen molar-refractivity contribution in [1.82, 2.24) is 15.0 Å². The third-order valence-corrected chi connectivity index (χ3v) is 3.73. The van der Waals surface area contributed by atoms with Crippen LogP contribution in [-0.2, 0) is 4.74 Å². The molecule has 1 aromatic rings. The Morgan fingerprint density at radius 3 is 2.50 bits per heavy atom. The first-order valence-corrected chi connectivity index (χ1v) is 7.43. The van der Waals surface area contributed by atoms with Gasteiger partial charge in [0, 0.05) is 26.8 Å². The van der Waals surface area contributed by atoms with Gasteiger partial charge in [0.25, 0.3) is 0 Å². The molecule has 0 saturated heterocycles. The van der Waals surface area contributed by atoms with Crippen LogP contribution in [0.5, 0.6) is 0 Å². The van der Waals surface area contributed by atoms with E-state index >= 15 is 0 Å². The molecule has 6 nitrogen and oxygen atoms in total. The third-order valence-electron chi connectivity index (χ3n) is 3.56. The topological polar surface area (TPSA) is 72.0 Å². The van der Waals surface area contributed by atoms with E-state index in [9.17, 15) is 0 Å². The standard InChI is InChI=1S/C13H22ClN5O/c1-3-7-15-11-17-10(14)18-12(19-11)16-9-13(4-5-13)6-8-20-2/h3-9H2,1-2H3,(H2,15,16,17,18,19). The lowest BCUT2D eigenvalue weighted by Crippen LogP contribution is -2.19. The summed E-state index contributed by atoms with van der Waals surface area (Å²) in [5, 5.41) is 6.60. The van der Waals surface area contributed by atoms with Crippen molar-refractivity contribution in [2.45, 2.75) is 32.6 Å². The largest absolute Gasteiger partial charge is 0.385 e. The van der Waals surface area contributed by atoms with Crippen molar-refractivity contribution in [2.75, 3.05) is 37.4 Å². The van der Waals surface area contributed by atoms with Crippen molar-refractivity contribution in [3.05, 3.63) is 5.28 Å². The molecule has 1 aliphatic rings. The minimum atomic E-state index is 0.211. The number of hydrogen-bond donors (Lipinski definition) is 2. The van der Waals surface area contributed by atoms with Gasteiger partial charge in [0.2, 0.25) is 17.2 Å². The zero-order chi connectivity index (χ0) is 14.4. The van der Waals surface area contributed by atoms with Crippen LogP contribution in [0.3, 0.4) is 0 Å². The quantitative estimate of drug-likeness (QED) is 0.730. The van der Waals surface area contributed by atoms with Crippen molar-refractivity contribution in [1.29, 1.82) is 0 Å². The molecule has 0 radical (unpaired) electrons. The SMILES string of the molecule is CCCNc1nc(Cl)nc(NCC2(CCOC)CC2)n1. The third kappa shape index (κ3) is 4.45. The predicted molar refractivity (Wildman–Crippen MR) is 80.3 cm³/mol. The number of rotatable bonds is 9. The molecule has 1 saturated carbocycles. The van der Waals surface area contributed by atoms with Gasteiger partial charge in [-0.25, -0.2) is 0 Å². The number of ether oxygens (including phenoxy) is 1. The van der Waals surface area contributed by atoms with Gasteiger partial charge in [-0.2, -0.15) is 15.0 Å². The Hall–Kier alpha value is -1.14. The van der Waals surface area contributed by atoms with E-state index in [2.05, 4.69) is 32.5 Å². The van der Waals surface area contributed by atoms with E-state index in [0.29, 0.717) is 17.3 Å². The summed E-state index contributed by atoms with van der Waals surface area (Å²) in [6.07, 6.45) is 4.52. The van der Waals surface area contributed by atoms with Crippen molar-refractivity contribution in [2.24, 2.45) is 5.41 Å². The van der Waals surface area contributed by atoms with Gasteiger partial charge in [0.15, 0.2) is 0 Å². The first-order valence-electron chi connectivity index (χ1n) is 7.06. The molecule has 0 bridgehead atoms. The number of methoxy groups -OCH3 is 1. The molecule has 0 unspecified atom stereocenters. The Kier molecular flexibility index (Phi) is 5.37. The predicted octanol–water partition coefficient (Wildman–Crippen LogP) is 2.58. The van der Waals surface area contributed by atoms with E-state index in [1.165, 1.54) is 12.8 Å². The maximum Gasteiger partial charge on any atom is 0.228 e. The number of hydrogen-bond acceptors (Lipinski definition) is 6. The maximum atomic E-state index is 5.92. The van der Waals surface area contributed by atoms with Crippen LogP contribution >= 0.6 is 11.6 Å². The molecule has 1 heterocycles. The second-order valence-electron chi connectivity index (χ2n) is 5.27. The summed E-state index contributed by atoms with van der Waals surface area (Å²) < 4.78 is 5.15. The maximum absolute atomic E-state index is 5.92. The molecule has 0 aromatic carbocycles. The van der Waals surface area contributed by atoms with Gasteiger partial charge in [0.1, 0.15) is 0 Å². The molecule has 0 aliphatic heterocycles. The van der Waals surface area contributed by atoms with E-state index in [1.54, 1.807) is 7.11 Å². The van der Waals surface area contributed by atoms with E-state index in [-0.39, 0.29) is 5.28 Å². The van der Waals surface area contributed by atoms with Crippen molar-refractivity contribution < 1.29 is 4.74 Å². The fourth-order valence-corrected chi connectivity index (χ4v) is 2.18. The first kappa shape index (κ1) is 15.3. The normalized spacial score (nSPS) is 15.9. The highest BCUT2D eigenvalue weighted by molar-refractivity contribution is 6.28. The fraction of sp³-hybridized carbons (Fsp3) is 0.769. The van der Waals surface area contributed by atoms with E-state index < -0.39 is 0 Å². The van der Waals surface area contributed by atoms with Gasteiger partial charge < -0.3 is 15.4 Å². The number of nitrogens with one attached hydrogen (secondary N) is 2. The second kappa shape index (κ2) is 7.04. The molecule has 7 heteroatoms. The van der Waals surface area contributed by atoms with E-state index in [1.807, 2.05) is 0 Å². The Morgan fingerprint density at radius 2 is 1.90 bits per heavy atom. The van der Waals surface area contributed by atoms with Crippen LogP contribution in [0.4, 0.5) is 11.9 Å². The van der Waals surface area contributed by atoms with Gasteiger partial charge in [-0.15, -0.1) is 0 Å².